The average molecular weight is 186 g/mol. The molecular formula is C10H20NO2. The number of rotatable bonds is 5. The van der Waals surface area contributed by atoms with Gasteiger partial charge in [-0.05, 0) is 32.7 Å². The van der Waals surface area contributed by atoms with E-state index in [9.17, 15) is 5.11 Å². The van der Waals surface area contributed by atoms with Crippen LogP contribution in [-0.4, -0.2) is 43.9 Å². The number of piperidine rings is 1. The summed E-state index contributed by atoms with van der Waals surface area (Å²) < 4.78 is 5.57. The van der Waals surface area contributed by atoms with Gasteiger partial charge in [0.15, 0.2) is 0 Å². The highest BCUT2D eigenvalue weighted by molar-refractivity contribution is 4.72. The SMILES string of the molecule is CCOC1CCCN(CCC[O])C1. The third-order valence-electron chi connectivity index (χ3n) is 2.48. The molecule has 0 spiro atoms. The highest BCUT2D eigenvalue weighted by Crippen LogP contribution is 2.12. The van der Waals surface area contributed by atoms with Gasteiger partial charge in [-0.1, -0.05) is 0 Å². The summed E-state index contributed by atoms with van der Waals surface area (Å²) in [5.74, 6) is 0. The Kier molecular flexibility index (Phi) is 5.35. The van der Waals surface area contributed by atoms with Crippen LogP contribution >= 0.6 is 0 Å². The Bertz CT molecular complexity index is 128. The number of hydrogen-bond acceptors (Lipinski definition) is 2. The van der Waals surface area contributed by atoms with Crippen molar-refractivity contribution in [3.8, 4) is 0 Å². The maximum atomic E-state index is 10.3. The van der Waals surface area contributed by atoms with Crippen LogP contribution in [0, 0.1) is 0 Å². The van der Waals surface area contributed by atoms with Crippen LogP contribution in [0.2, 0.25) is 0 Å². The van der Waals surface area contributed by atoms with Crippen LogP contribution in [0.25, 0.3) is 0 Å². The van der Waals surface area contributed by atoms with Crippen LogP contribution in [0.3, 0.4) is 0 Å². The molecule has 0 aromatic carbocycles. The van der Waals surface area contributed by atoms with Crippen LogP contribution in [0.1, 0.15) is 26.2 Å². The Labute approximate surface area is 80.7 Å². The molecule has 1 aliphatic rings. The summed E-state index contributed by atoms with van der Waals surface area (Å²) in [6.07, 6.45) is 3.58. The van der Waals surface area contributed by atoms with E-state index in [1.807, 2.05) is 6.92 Å². The molecule has 1 atom stereocenters. The molecule has 1 unspecified atom stereocenters. The minimum absolute atomic E-state index is 0.0514. The molecule has 1 heterocycles. The smallest absolute Gasteiger partial charge is 0.0834 e. The molecule has 0 aromatic heterocycles. The molecule has 13 heavy (non-hydrogen) atoms. The lowest BCUT2D eigenvalue weighted by atomic mass is 10.1. The van der Waals surface area contributed by atoms with E-state index in [0.29, 0.717) is 6.10 Å². The van der Waals surface area contributed by atoms with Crippen LogP contribution in [0.15, 0.2) is 0 Å². The number of hydrogen-bond donors (Lipinski definition) is 0. The van der Waals surface area contributed by atoms with Crippen molar-refractivity contribution < 1.29 is 9.84 Å². The summed E-state index contributed by atoms with van der Waals surface area (Å²) in [6.45, 7) is 6.01. The van der Waals surface area contributed by atoms with E-state index >= 15 is 0 Å². The van der Waals surface area contributed by atoms with Gasteiger partial charge in [-0.15, -0.1) is 0 Å². The second-order valence-electron chi connectivity index (χ2n) is 3.58. The molecule has 1 radical (unpaired) electrons. The lowest BCUT2D eigenvalue weighted by molar-refractivity contribution is 0.00379. The normalized spacial score (nSPS) is 24.9. The molecule has 0 N–H and O–H groups in total. The number of nitrogens with zero attached hydrogens (tertiary/aromatic N) is 1. The Hall–Kier alpha value is -0.120. The molecular weight excluding hydrogens is 166 g/mol. The molecule has 0 aliphatic carbocycles. The molecule has 0 aromatic rings. The van der Waals surface area contributed by atoms with Gasteiger partial charge in [0.2, 0.25) is 0 Å². The van der Waals surface area contributed by atoms with Crippen molar-refractivity contribution in [2.45, 2.75) is 32.3 Å². The van der Waals surface area contributed by atoms with E-state index < -0.39 is 0 Å². The third kappa shape index (κ3) is 4.07. The van der Waals surface area contributed by atoms with Crippen molar-refractivity contribution in [1.82, 2.24) is 4.90 Å². The fraction of sp³-hybridized carbons (Fsp3) is 1.00. The molecule has 3 heteroatoms. The van der Waals surface area contributed by atoms with Gasteiger partial charge in [-0.25, -0.2) is 5.11 Å². The third-order valence-corrected chi connectivity index (χ3v) is 2.48. The van der Waals surface area contributed by atoms with Gasteiger partial charge in [-0.2, -0.15) is 0 Å². The molecule has 1 rings (SSSR count). The highest BCUT2D eigenvalue weighted by atomic mass is 16.5. The topological polar surface area (TPSA) is 32.4 Å². The first-order valence-electron chi connectivity index (χ1n) is 5.29. The second kappa shape index (κ2) is 6.35. The zero-order valence-corrected chi connectivity index (χ0v) is 8.50. The molecule has 0 saturated carbocycles. The first-order chi connectivity index (χ1) is 6.36. The molecule has 1 aliphatic heterocycles. The van der Waals surface area contributed by atoms with Gasteiger partial charge in [0.05, 0.1) is 12.7 Å². The molecule has 0 bridgehead atoms. The van der Waals surface area contributed by atoms with Gasteiger partial charge in [0, 0.05) is 19.7 Å². The highest BCUT2D eigenvalue weighted by Gasteiger charge is 2.18. The van der Waals surface area contributed by atoms with Gasteiger partial charge in [-0.3, -0.25) is 0 Å². The van der Waals surface area contributed by atoms with E-state index in [2.05, 4.69) is 4.90 Å². The van der Waals surface area contributed by atoms with Crippen molar-refractivity contribution in [1.29, 1.82) is 0 Å². The lowest BCUT2D eigenvalue weighted by Crippen LogP contribution is -2.40. The summed E-state index contributed by atoms with van der Waals surface area (Å²) in [5.41, 5.74) is 0. The first-order valence-corrected chi connectivity index (χ1v) is 5.29. The Morgan fingerprint density at radius 3 is 3.08 bits per heavy atom. The summed E-state index contributed by atoms with van der Waals surface area (Å²) >= 11 is 0. The quantitative estimate of drug-likeness (QED) is 0.648. The van der Waals surface area contributed by atoms with Crippen LogP contribution < -0.4 is 0 Å². The molecule has 1 saturated heterocycles. The molecule has 77 valence electrons. The Morgan fingerprint density at radius 1 is 1.54 bits per heavy atom. The molecule has 3 nitrogen and oxygen atoms in total. The zero-order chi connectivity index (χ0) is 9.52. The van der Waals surface area contributed by atoms with Gasteiger partial charge >= 0.3 is 0 Å². The monoisotopic (exact) mass is 186 g/mol. The van der Waals surface area contributed by atoms with Crippen molar-refractivity contribution in [3.63, 3.8) is 0 Å². The number of likely N-dealkylation sites (tertiary alicyclic amines) is 1. The Morgan fingerprint density at radius 2 is 2.38 bits per heavy atom. The summed E-state index contributed by atoms with van der Waals surface area (Å²) in [4.78, 5) is 2.35. The van der Waals surface area contributed by atoms with Crippen molar-refractivity contribution in [3.05, 3.63) is 0 Å². The lowest BCUT2D eigenvalue weighted by Gasteiger charge is -2.32. The minimum atomic E-state index is 0.0514. The van der Waals surface area contributed by atoms with E-state index in [1.54, 1.807) is 0 Å². The standard InChI is InChI=1S/C10H20NO2/c1-2-13-10-5-3-6-11(9-10)7-4-8-12/h10H,2-9H2,1H3. The van der Waals surface area contributed by atoms with E-state index in [-0.39, 0.29) is 6.61 Å². The van der Waals surface area contributed by atoms with Crippen LogP contribution in [0.5, 0.6) is 0 Å². The zero-order valence-electron chi connectivity index (χ0n) is 8.50. The van der Waals surface area contributed by atoms with Crippen LogP contribution in [0.4, 0.5) is 0 Å². The van der Waals surface area contributed by atoms with Gasteiger partial charge in [0.1, 0.15) is 0 Å². The van der Waals surface area contributed by atoms with E-state index in [0.717, 1.165) is 32.7 Å². The van der Waals surface area contributed by atoms with Crippen LogP contribution in [-0.2, 0) is 9.84 Å². The van der Waals surface area contributed by atoms with E-state index in [1.165, 1.54) is 12.8 Å². The predicted molar refractivity (Wildman–Crippen MR) is 51.3 cm³/mol. The molecule has 1 fully saturated rings. The maximum Gasteiger partial charge on any atom is 0.0834 e. The number of ether oxygens (including phenoxy) is 1. The Balaban J connectivity index is 2.16. The predicted octanol–water partition coefficient (Wildman–Crippen LogP) is 1.31. The van der Waals surface area contributed by atoms with Gasteiger partial charge < -0.3 is 9.64 Å². The minimum Gasteiger partial charge on any atom is -0.377 e. The first kappa shape index (κ1) is 11.0. The average Bonchev–Trinajstić information content (AvgIpc) is 2.16. The van der Waals surface area contributed by atoms with Crippen molar-refractivity contribution in [2.24, 2.45) is 0 Å². The second-order valence-corrected chi connectivity index (χ2v) is 3.58. The summed E-state index contributed by atoms with van der Waals surface area (Å²) in [5, 5.41) is 10.3. The van der Waals surface area contributed by atoms with E-state index in [4.69, 9.17) is 4.74 Å². The van der Waals surface area contributed by atoms with Crippen molar-refractivity contribution in [2.75, 3.05) is 32.8 Å². The largest absolute Gasteiger partial charge is 0.377 e. The summed E-state index contributed by atoms with van der Waals surface area (Å²) in [6, 6.07) is 0. The van der Waals surface area contributed by atoms with Gasteiger partial charge in [0.25, 0.3) is 0 Å². The maximum absolute atomic E-state index is 10.3. The fourth-order valence-electron chi connectivity index (χ4n) is 1.88. The fourth-order valence-corrected chi connectivity index (χ4v) is 1.88. The summed E-state index contributed by atoms with van der Waals surface area (Å²) in [7, 11) is 0. The van der Waals surface area contributed by atoms with Crippen molar-refractivity contribution >= 4 is 0 Å². The molecule has 0 amide bonds.